The topological polar surface area (TPSA) is 84.4 Å². The normalized spacial score (nSPS) is 15.0. The van der Waals surface area contributed by atoms with Crippen LogP contribution in [0.4, 0.5) is 0 Å². The lowest BCUT2D eigenvalue weighted by molar-refractivity contribution is -0.138. The third-order valence-electron chi connectivity index (χ3n) is 5.50. The van der Waals surface area contributed by atoms with Crippen LogP contribution in [0.15, 0.2) is 17.1 Å². The smallest absolute Gasteiger partial charge is 0.230 e. The first kappa shape index (κ1) is 27.1. The molecule has 0 spiro atoms. The molecule has 0 heterocycles. The number of carbonyl (C=O) groups is 1. The lowest BCUT2D eigenvalue weighted by atomic mass is 9.84. The quantitative estimate of drug-likeness (QED) is 0.281. The number of guanidine groups is 1. The van der Waals surface area contributed by atoms with Crippen molar-refractivity contribution < 1.29 is 19.0 Å². The second-order valence-corrected chi connectivity index (χ2v) is 7.77. The number of benzene rings is 1. The number of aliphatic imine (C=N–C) groups is 1. The number of amides is 1. The van der Waals surface area contributed by atoms with Gasteiger partial charge in [0.25, 0.3) is 0 Å². The van der Waals surface area contributed by atoms with Crippen molar-refractivity contribution in [2.45, 2.75) is 39.2 Å². The third-order valence-corrected chi connectivity index (χ3v) is 5.50. The largest absolute Gasteiger partial charge is 0.493 e. The van der Waals surface area contributed by atoms with Crippen LogP contribution < -0.4 is 24.8 Å². The van der Waals surface area contributed by atoms with Gasteiger partial charge in [0.1, 0.15) is 0 Å². The van der Waals surface area contributed by atoms with E-state index in [-0.39, 0.29) is 35.3 Å². The van der Waals surface area contributed by atoms with E-state index in [0.717, 1.165) is 37.8 Å². The molecule has 0 aromatic heterocycles. The van der Waals surface area contributed by atoms with E-state index in [0.29, 0.717) is 36.3 Å². The van der Waals surface area contributed by atoms with Gasteiger partial charge in [0.2, 0.25) is 11.7 Å². The molecule has 1 aromatic carbocycles. The Bertz CT molecular complexity index is 724. The maximum atomic E-state index is 12.8. The molecule has 1 amide bonds. The highest BCUT2D eigenvalue weighted by Gasteiger charge is 2.42. The average Bonchev–Trinajstić information content (AvgIpc) is 3.24. The Hall–Kier alpha value is -1.91. The molecule has 0 unspecified atom stereocenters. The lowest BCUT2D eigenvalue weighted by Gasteiger charge is -2.31. The minimum absolute atomic E-state index is 0. The molecule has 1 fully saturated rings. The summed E-state index contributed by atoms with van der Waals surface area (Å²) in [5.41, 5.74) is 0.577. The molecule has 1 saturated carbocycles. The molecular formula is C22H37IN4O4. The van der Waals surface area contributed by atoms with E-state index in [2.05, 4.69) is 10.6 Å². The molecule has 31 heavy (non-hydrogen) atoms. The molecule has 2 N–H and O–H groups in total. The van der Waals surface area contributed by atoms with Crippen LogP contribution in [-0.4, -0.2) is 65.3 Å². The van der Waals surface area contributed by atoms with E-state index in [1.165, 1.54) is 0 Å². The van der Waals surface area contributed by atoms with Crippen molar-refractivity contribution >= 4 is 35.8 Å². The Morgan fingerprint density at radius 3 is 2.10 bits per heavy atom. The second kappa shape index (κ2) is 12.8. The molecule has 0 saturated heterocycles. The number of nitrogens with zero attached hydrogens (tertiary/aromatic N) is 2. The van der Waals surface area contributed by atoms with Gasteiger partial charge in [0.15, 0.2) is 17.5 Å². The number of carbonyl (C=O) groups excluding carboxylic acids is 1. The first-order valence-corrected chi connectivity index (χ1v) is 10.4. The molecular weight excluding hydrogens is 511 g/mol. The number of halogens is 1. The summed E-state index contributed by atoms with van der Waals surface area (Å²) in [6.45, 7) is 3.76. The maximum Gasteiger partial charge on any atom is 0.230 e. The molecule has 0 bridgehead atoms. The Morgan fingerprint density at radius 2 is 1.65 bits per heavy atom. The molecule has 8 nitrogen and oxygen atoms in total. The van der Waals surface area contributed by atoms with Gasteiger partial charge in [-0.3, -0.25) is 4.79 Å². The Kier molecular flexibility index (Phi) is 11.2. The van der Waals surface area contributed by atoms with Crippen LogP contribution in [0.3, 0.4) is 0 Å². The van der Waals surface area contributed by atoms with Crippen LogP contribution in [0.5, 0.6) is 17.2 Å². The van der Waals surface area contributed by atoms with Crippen LogP contribution in [0.2, 0.25) is 0 Å². The number of rotatable bonds is 9. The monoisotopic (exact) mass is 548 g/mol. The SMILES string of the molecule is CCNC(=NCc1cc(OC)c(OC)c(OC)c1)NCC1(C(=O)N(C)C)CCCC1.I. The van der Waals surface area contributed by atoms with Gasteiger partial charge < -0.3 is 29.7 Å². The fraction of sp³-hybridized carbons (Fsp3) is 0.636. The summed E-state index contributed by atoms with van der Waals surface area (Å²) in [6.07, 6.45) is 3.98. The Balaban J connectivity index is 0.00000480. The summed E-state index contributed by atoms with van der Waals surface area (Å²) in [5.74, 6) is 2.63. The number of nitrogens with one attached hydrogen (secondary N) is 2. The lowest BCUT2D eigenvalue weighted by Crippen LogP contribution is -2.49. The summed E-state index contributed by atoms with van der Waals surface area (Å²) >= 11 is 0. The fourth-order valence-electron chi connectivity index (χ4n) is 3.98. The van der Waals surface area contributed by atoms with Crippen molar-refractivity contribution in [2.24, 2.45) is 10.4 Å². The molecule has 1 aliphatic rings. The summed E-state index contributed by atoms with van der Waals surface area (Å²) in [5, 5.41) is 6.66. The van der Waals surface area contributed by atoms with Gasteiger partial charge in [-0.25, -0.2) is 4.99 Å². The van der Waals surface area contributed by atoms with E-state index in [1.54, 1.807) is 26.2 Å². The van der Waals surface area contributed by atoms with Crippen molar-refractivity contribution in [1.29, 1.82) is 0 Å². The number of hydrogen-bond donors (Lipinski definition) is 2. The third kappa shape index (κ3) is 6.78. The van der Waals surface area contributed by atoms with E-state index >= 15 is 0 Å². The van der Waals surface area contributed by atoms with E-state index in [4.69, 9.17) is 19.2 Å². The highest BCUT2D eigenvalue weighted by Crippen LogP contribution is 2.39. The number of methoxy groups -OCH3 is 3. The van der Waals surface area contributed by atoms with Gasteiger partial charge in [-0.15, -0.1) is 24.0 Å². The Morgan fingerprint density at radius 1 is 1.06 bits per heavy atom. The first-order valence-electron chi connectivity index (χ1n) is 10.4. The standard InChI is InChI=1S/C22H36N4O4.HI/c1-7-23-21(25-15-22(10-8-9-11-22)20(27)26(2)3)24-14-16-12-17(28-4)19(30-6)18(13-16)29-5;/h12-13H,7-11,14-15H2,1-6H3,(H2,23,24,25);1H. The highest BCUT2D eigenvalue weighted by molar-refractivity contribution is 14.0. The molecule has 1 aliphatic carbocycles. The van der Waals surface area contributed by atoms with Crippen LogP contribution in [0.1, 0.15) is 38.2 Å². The van der Waals surface area contributed by atoms with Gasteiger partial charge in [-0.2, -0.15) is 0 Å². The Labute approximate surface area is 203 Å². The van der Waals surface area contributed by atoms with Crippen LogP contribution >= 0.6 is 24.0 Å². The van der Waals surface area contributed by atoms with Gasteiger partial charge in [0, 0.05) is 27.2 Å². The van der Waals surface area contributed by atoms with Gasteiger partial charge in [-0.1, -0.05) is 12.8 Å². The van der Waals surface area contributed by atoms with Gasteiger partial charge in [0.05, 0.1) is 33.3 Å². The molecule has 0 aliphatic heterocycles. The van der Waals surface area contributed by atoms with Gasteiger partial charge >= 0.3 is 0 Å². The molecule has 2 rings (SSSR count). The minimum atomic E-state index is -0.355. The fourth-order valence-corrected chi connectivity index (χ4v) is 3.98. The molecule has 0 atom stereocenters. The zero-order valence-corrected chi connectivity index (χ0v) is 21.9. The van der Waals surface area contributed by atoms with Crippen molar-refractivity contribution in [3.05, 3.63) is 17.7 Å². The van der Waals surface area contributed by atoms with Gasteiger partial charge in [-0.05, 0) is 37.5 Å². The zero-order valence-electron chi connectivity index (χ0n) is 19.5. The summed E-state index contributed by atoms with van der Waals surface area (Å²) in [7, 11) is 8.43. The number of hydrogen-bond acceptors (Lipinski definition) is 5. The predicted molar refractivity (Wildman–Crippen MR) is 134 cm³/mol. The summed E-state index contributed by atoms with van der Waals surface area (Å²) in [6, 6.07) is 3.78. The van der Waals surface area contributed by atoms with Crippen molar-refractivity contribution in [2.75, 3.05) is 48.5 Å². The molecule has 1 aromatic rings. The minimum Gasteiger partial charge on any atom is -0.493 e. The zero-order chi connectivity index (χ0) is 22.1. The van der Waals surface area contributed by atoms with E-state index in [9.17, 15) is 4.79 Å². The van der Waals surface area contributed by atoms with Crippen LogP contribution in [-0.2, 0) is 11.3 Å². The van der Waals surface area contributed by atoms with E-state index in [1.807, 2.05) is 33.2 Å². The van der Waals surface area contributed by atoms with Crippen molar-refractivity contribution in [1.82, 2.24) is 15.5 Å². The summed E-state index contributed by atoms with van der Waals surface area (Å²) in [4.78, 5) is 19.2. The molecule has 0 radical (unpaired) electrons. The molecule has 9 heteroatoms. The highest BCUT2D eigenvalue weighted by atomic mass is 127. The first-order chi connectivity index (χ1) is 14.4. The maximum absolute atomic E-state index is 12.8. The second-order valence-electron chi connectivity index (χ2n) is 7.77. The van der Waals surface area contributed by atoms with Crippen LogP contribution in [0.25, 0.3) is 0 Å². The average molecular weight is 548 g/mol. The predicted octanol–water partition coefficient (Wildman–Crippen LogP) is 3.03. The van der Waals surface area contributed by atoms with E-state index < -0.39 is 0 Å². The van der Waals surface area contributed by atoms with Crippen LogP contribution in [0, 0.1) is 5.41 Å². The van der Waals surface area contributed by atoms with Crippen molar-refractivity contribution in [3.63, 3.8) is 0 Å². The van der Waals surface area contributed by atoms with Crippen molar-refractivity contribution in [3.8, 4) is 17.2 Å². The summed E-state index contributed by atoms with van der Waals surface area (Å²) < 4.78 is 16.2. The number of ether oxygens (including phenoxy) is 3. The molecule has 176 valence electrons.